The van der Waals surface area contributed by atoms with E-state index < -0.39 is 0 Å². The second-order valence-electron chi connectivity index (χ2n) is 8.17. The molecule has 1 heterocycles. The lowest BCUT2D eigenvalue weighted by Crippen LogP contribution is -2.32. The third-order valence-corrected chi connectivity index (χ3v) is 5.83. The Bertz CT molecular complexity index is 1190. The topological polar surface area (TPSA) is 49.4 Å². The van der Waals surface area contributed by atoms with Crippen molar-refractivity contribution in [1.82, 2.24) is 4.90 Å². The predicted molar refractivity (Wildman–Crippen MR) is 124 cm³/mol. The summed E-state index contributed by atoms with van der Waals surface area (Å²) in [5.41, 5.74) is 7.64. The Kier molecular flexibility index (Phi) is 5.47. The standard InChI is InChI=1S/C27H26N2O2/c1-17-8-12-21(13-9-17)16-29-26(30)24(22-14-10-18(2)11-15-22)25(27(29)31)28-23-7-5-6-19(3)20(23)4/h5-15,28H,16H2,1-4H3. The van der Waals surface area contributed by atoms with Gasteiger partial charge in [0.2, 0.25) is 0 Å². The third kappa shape index (κ3) is 4.02. The highest BCUT2D eigenvalue weighted by molar-refractivity contribution is 6.36. The number of carbonyl (C=O) groups excluding carboxylic acids is 2. The van der Waals surface area contributed by atoms with E-state index in [1.54, 1.807) is 0 Å². The fraction of sp³-hybridized carbons (Fsp3) is 0.185. The molecule has 0 fully saturated rings. The molecule has 31 heavy (non-hydrogen) atoms. The van der Waals surface area contributed by atoms with Crippen molar-refractivity contribution in [3.8, 4) is 0 Å². The van der Waals surface area contributed by atoms with Gasteiger partial charge in [-0.1, -0.05) is 71.8 Å². The minimum Gasteiger partial charge on any atom is -0.350 e. The number of benzene rings is 3. The molecule has 4 heteroatoms. The van der Waals surface area contributed by atoms with Crippen molar-refractivity contribution < 1.29 is 9.59 Å². The van der Waals surface area contributed by atoms with E-state index >= 15 is 0 Å². The quantitative estimate of drug-likeness (QED) is 0.580. The van der Waals surface area contributed by atoms with E-state index in [0.717, 1.165) is 39.1 Å². The second-order valence-corrected chi connectivity index (χ2v) is 8.17. The smallest absolute Gasteiger partial charge is 0.278 e. The van der Waals surface area contributed by atoms with Crippen LogP contribution in [-0.4, -0.2) is 16.7 Å². The maximum absolute atomic E-state index is 13.4. The molecular formula is C27H26N2O2. The molecule has 0 spiro atoms. The highest BCUT2D eigenvalue weighted by Gasteiger charge is 2.39. The summed E-state index contributed by atoms with van der Waals surface area (Å²) in [6.45, 7) is 8.29. The molecule has 0 aliphatic carbocycles. The van der Waals surface area contributed by atoms with E-state index in [-0.39, 0.29) is 18.4 Å². The van der Waals surface area contributed by atoms with Crippen LogP contribution in [0.4, 0.5) is 5.69 Å². The van der Waals surface area contributed by atoms with Crippen LogP contribution in [0.5, 0.6) is 0 Å². The molecule has 0 aromatic heterocycles. The van der Waals surface area contributed by atoms with E-state index in [0.29, 0.717) is 11.3 Å². The van der Waals surface area contributed by atoms with Gasteiger partial charge in [-0.05, 0) is 56.0 Å². The zero-order valence-electron chi connectivity index (χ0n) is 18.3. The molecule has 2 amide bonds. The summed E-state index contributed by atoms with van der Waals surface area (Å²) >= 11 is 0. The van der Waals surface area contributed by atoms with Gasteiger partial charge in [-0.3, -0.25) is 14.5 Å². The van der Waals surface area contributed by atoms with Crippen LogP contribution in [0.15, 0.2) is 72.4 Å². The second kappa shape index (κ2) is 8.23. The molecule has 0 bridgehead atoms. The van der Waals surface area contributed by atoms with Crippen LogP contribution in [0.2, 0.25) is 0 Å². The molecule has 1 aliphatic heterocycles. The van der Waals surface area contributed by atoms with Gasteiger partial charge in [0.25, 0.3) is 11.8 Å². The fourth-order valence-corrected chi connectivity index (χ4v) is 3.72. The summed E-state index contributed by atoms with van der Waals surface area (Å²) < 4.78 is 0. The van der Waals surface area contributed by atoms with Crippen LogP contribution >= 0.6 is 0 Å². The third-order valence-electron chi connectivity index (χ3n) is 5.83. The first-order valence-corrected chi connectivity index (χ1v) is 10.4. The van der Waals surface area contributed by atoms with Crippen LogP contribution in [0, 0.1) is 27.7 Å². The molecule has 0 saturated carbocycles. The minimum absolute atomic E-state index is 0.241. The lowest BCUT2D eigenvalue weighted by molar-refractivity contribution is -0.137. The van der Waals surface area contributed by atoms with Crippen molar-refractivity contribution in [2.24, 2.45) is 0 Å². The Balaban J connectivity index is 1.76. The average molecular weight is 411 g/mol. The van der Waals surface area contributed by atoms with E-state index in [1.165, 1.54) is 4.90 Å². The molecule has 0 unspecified atom stereocenters. The van der Waals surface area contributed by atoms with Gasteiger partial charge >= 0.3 is 0 Å². The van der Waals surface area contributed by atoms with Crippen molar-refractivity contribution >= 4 is 23.1 Å². The number of hydrogen-bond acceptors (Lipinski definition) is 3. The number of rotatable bonds is 5. The molecule has 0 saturated heterocycles. The first-order valence-electron chi connectivity index (χ1n) is 10.4. The van der Waals surface area contributed by atoms with Gasteiger partial charge < -0.3 is 5.32 Å². The molecular weight excluding hydrogens is 384 g/mol. The molecule has 3 aromatic carbocycles. The Morgan fingerprint density at radius 2 is 1.35 bits per heavy atom. The SMILES string of the molecule is Cc1ccc(CN2C(=O)C(Nc3cccc(C)c3C)=C(c3ccc(C)cc3)C2=O)cc1. The first-order chi connectivity index (χ1) is 14.8. The number of nitrogens with one attached hydrogen (secondary N) is 1. The number of amides is 2. The van der Waals surface area contributed by atoms with Gasteiger partial charge in [-0.15, -0.1) is 0 Å². The molecule has 1 aliphatic rings. The van der Waals surface area contributed by atoms with Gasteiger partial charge in [0.1, 0.15) is 5.70 Å². The summed E-state index contributed by atoms with van der Waals surface area (Å²) in [4.78, 5) is 28.2. The van der Waals surface area contributed by atoms with Gasteiger partial charge in [0, 0.05) is 5.69 Å². The molecule has 4 nitrogen and oxygen atoms in total. The van der Waals surface area contributed by atoms with Gasteiger partial charge in [0.05, 0.1) is 12.1 Å². The van der Waals surface area contributed by atoms with Crippen LogP contribution in [-0.2, 0) is 16.1 Å². The van der Waals surface area contributed by atoms with Crippen LogP contribution < -0.4 is 5.32 Å². The number of aryl methyl sites for hydroxylation is 3. The number of carbonyl (C=O) groups is 2. The van der Waals surface area contributed by atoms with Crippen LogP contribution in [0.25, 0.3) is 5.57 Å². The summed E-state index contributed by atoms with van der Waals surface area (Å²) in [6.07, 6.45) is 0. The van der Waals surface area contributed by atoms with Gasteiger partial charge in [-0.2, -0.15) is 0 Å². The van der Waals surface area contributed by atoms with E-state index in [1.807, 2.05) is 94.4 Å². The van der Waals surface area contributed by atoms with E-state index in [2.05, 4.69) is 5.32 Å². The van der Waals surface area contributed by atoms with Crippen molar-refractivity contribution in [1.29, 1.82) is 0 Å². The summed E-state index contributed by atoms with van der Waals surface area (Å²) in [5, 5.41) is 3.29. The van der Waals surface area contributed by atoms with Gasteiger partial charge in [-0.25, -0.2) is 0 Å². The summed E-state index contributed by atoms with van der Waals surface area (Å²) in [5.74, 6) is -0.579. The summed E-state index contributed by atoms with van der Waals surface area (Å²) in [7, 11) is 0. The van der Waals surface area contributed by atoms with Crippen molar-refractivity contribution in [2.75, 3.05) is 5.32 Å². The van der Waals surface area contributed by atoms with Crippen molar-refractivity contribution in [3.63, 3.8) is 0 Å². The van der Waals surface area contributed by atoms with Crippen LogP contribution in [0.3, 0.4) is 0 Å². The Morgan fingerprint density at radius 3 is 2.00 bits per heavy atom. The lowest BCUT2D eigenvalue weighted by atomic mass is 10.0. The Labute approximate surface area is 183 Å². The predicted octanol–water partition coefficient (Wildman–Crippen LogP) is 5.31. The molecule has 1 N–H and O–H groups in total. The largest absolute Gasteiger partial charge is 0.350 e. The minimum atomic E-state index is -0.304. The maximum Gasteiger partial charge on any atom is 0.278 e. The van der Waals surface area contributed by atoms with E-state index in [4.69, 9.17) is 0 Å². The zero-order valence-corrected chi connectivity index (χ0v) is 18.3. The van der Waals surface area contributed by atoms with E-state index in [9.17, 15) is 9.59 Å². The highest BCUT2D eigenvalue weighted by atomic mass is 16.2. The average Bonchev–Trinajstić information content (AvgIpc) is 2.98. The Morgan fingerprint density at radius 1 is 0.742 bits per heavy atom. The maximum atomic E-state index is 13.4. The van der Waals surface area contributed by atoms with Crippen LogP contribution in [0.1, 0.15) is 33.4 Å². The highest BCUT2D eigenvalue weighted by Crippen LogP contribution is 2.32. The Hall–Kier alpha value is -3.66. The molecule has 3 aromatic rings. The number of anilines is 1. The zero-order chi connectivity index (χ0) is 22.1. The fourth-order valence-electron chi connectivity index (χ4n) is 3.72. The molecule has 0 atom stereocenters. The summed E-state index contributed by atoms with van der Waals surface area (Å²) in [6, 6.07) is 21.5. The molecule has 0 radical (unpaired) electrons. The van der Waals surface area contributed by atoms with Crippen molar-refractivity contribution in [3.05, 3.63) is 106 Å². The monoisotopic (exact) mass is 410 g/mol. The molecule has 156 valence electrons. The lowest BCUT2D eigenvalue weighted by Gasteiger charge is -2.16. The van der Waals surface area contributed by atoms with Crippen molar-refractivity contribution in [2.45, 2.75) is 34.2 Å². The number of hydrogen-bond donors (Lipinski definition) is 1. The number of imide groups is 1. The number of nitrogens with zero attached hydrogens (tertiary/aromatic N) is 1. The van der Waals surface area contributed by atoms with Gasteiger partial charge in [0.15, 0.2) is 0 Å². The normalized spacial score (nSPS) is 13.9. The first kappa shape index (κ1) is 20.6. The molecule has 4 rings (SSSR count).